The van der Waals surface area contributed by atoms with Crippen molar-refractivity contribution >= 4 is 43.6 Å². The maximum atomic E-state index is 2.41. The van der Waals surface area contributed by atoms with Crippen molar-refractivity contribution in [2.75, 3.05) is 0 Å². The molecule has 0 saturated carbocycles. The van der Waals surface area contributed by atoms with Crippen LogP contribution in [0.25, 0.3) is 60.7 Å². The smallest absolute Gasteiger partial charge is 0.309 e. The van der Waals surface area contributed by atoms with Crippen molar-refractivity contribution in [2.45, 2.75) is 0 Å². The summed E-state index contributed by atoms with van der Waals surface area (Å²) < 4.78 is 9.02. The van der Waals surface area contributed by atoms with Crippen LogP contribution in [0.2, 0.25) is 0 Å². The first-order valence-corrected chi connectivity index (χ1v) is 12.9. The number of para-hydroxylation sites is 3. The van der Waals surface area contributed by atoms with Gasteiger partial charge in [-0.15, -0.1) is 0 Å². The first kappa shape index (κ1) is 23.7. The van der Waals surface area contributed by atoms with Crippen LogP contribution < -0.4 is 4.57 Å². The van der Waals surface area contributed by atoms with Crippen LogP contribution in [-0.4, -0.2) is 13.7 Å². The van der Waals surface area contributed by atoms with Crippen LogP contribution in [0, 0.1) is 0 Å². The van der Waals surface area contributed by atoms with E-state index in [-0.39, 0.29) is 21.1 Å². The van der Waals surface area contributed by atoms with Gasteiger partial charge in [-0.25, -0.2) is 9.13 Å². The molecule has 0 aliphatic rings. The average molecular weight is 685 g/mol. The molecule has 0 aliphatic heterocycles. The summed E-state index contributed by atoms with van der Waals surface area (Å²) in [5.41, 5.74) is 8.29. The molecule has 188 valence electrons. The van der Waals surface area contributed by atoms with Crippen LogP contribution in [0.5, 0.6) is 0 Å². The zero-order chi connectivity index (χ0) is 25.2. The van der Waals surface area contributed by atoms with E-state index >= 15 is 0 Å². The molecule has 4 nitrogen and oxygen atoms in total. The zero-order valence-electron chi connectivity index (χ0n) is 21.3. The van der Waals surface area contributed by atoms with Gasteiger partial charge in [-0.2, -0.15) is 0 Å². The van der Waals surface area contributed by atoms with Crippen molar-refractivity contribution in [3.63, 3.8) is 0 Å². The van der Waals surface area contributed by atoms with E-state index in [1.807, 2.05) is 7.05 Å². The number of benzene rings is 5. The molecule has 0 saturated heterocycles. The summed E-state index contributed by atoms with van der Waals surface area (Å²) in [6, 6.07) is 41.7. The van der Waals surface area contributed by atoms with Crippen LogP contribution in [-0.2, 0) is 28.1 Å². The second-order valence-electron chi connectivity index (χ2n) is 9.93. The maximum Gasteiger partial charge on any atom is 2.00 e. The summed E-state index contributed by atoms with van der Waals surface area (Å²) in [5, 5.41) is 5.04. The summed E-state index contributed by atoms with van der Waals surface area (Å²) in [5.74, 6) is 0. The number of rotatable bonds is 3. The van der Waals surface area contributed by atoms with Crippen molar-refractivity contribution in [1.29, 1.82) is 0 Å². The molecule has 0 radical (unpaired) electrons. The third-order valence-corrected chi connectivity index (χ3v) is 7.65. The molecule has 8 aromatic rings. The normalized spacial score (nSPS) is 11.5. The van der Waals surface area contributed by atoms with Crippen molar-refractivity contribution in [1.82, 2.24) is 13.7 Å². The Morgan fingerprint density at radius 3 is 1.62 bits per heavy atom. The second kappa shape index (κ2) is 9.11. The van der Waals surface area contributed by atoms with E-state index in [2.05, 4.69) is 152 Å². The fraction of sp³-hybridized carbons (Fsp3) is 0.0294. The third-order valence-electron chi connectivity index (χ3n) is 7.65. The minimum atomic E-state index is 0. The van der Waals surface area contributed by atoms with Crippen LogP contribution >= 0.6 is 0 Å². The summed E-state index contributed by atoms with van der Waals surface area (Å²) in [6.45, 7) is 0. The van der Waals surface area contributed by atoms with Crippen molar-refractivity contribution in [3.05, 3.63) is 134 Å². The van der Waals surface area contributed by atoms with Gasteiger partial charge in [-0.3, -0.25) is 0 Å². The van der Waals surface area contributed by atoms with E-state index in [4.69, 9.17) is 0 Å². The van der Waals surface area contributed by atoms with E-state index < -0.39 is 0 Å². The molecule has 5 heteroatoms. The average Bonchev–Trinajstić information content (AvgIpc) is 3.64. The number of imidazole rings is 1. The summed E-state index contributed by atoms with van der Waals surface area (Å²) >= 11 is 0. The Balaban J connectivity index is 0.00000253. The molecule has 0 atom stereocenters. The fourth-order valence-corrected chi connectivity index (χ4v) is 5.95. The van der Waals surface area contributed by atoms with Gasteiger partial charge < -0.3 is 9.13 Å². The van der Waals surface area contributed by atoms with Gasteiger partial charge in [-0.1, -0.05) is 60.7 Å². The van der Waals surface area contributed by atoms with E-state index in [0.29, 0.717) is 0 Å². The Bertz CT molecular complexity index is 2150. The maximum absolute atomic E-state index is 2.41. The Labute approximate surface area is 240 Å². The van der Waals surface area contributed by atoms with Gasteiger partial charge in [-0.05, 0) is 48.5 Å². The molecule has 0 unspecified atom stereocenters. The van der Waals surface area contributed by atoms with E-state index in [1.165, 1.54) is 49.3 Å². The molecule has 8 rings (SSSR count). The predicted molar refractivity (Wildman–Crippen MR) is 156 cm³/mol. The molecule has 0 spiro atoms. The zero-order valence-corrected chi connectivity index (χ0v) is 23.6. The Morgan fingerprint density at radius 2 is 1.00 bits per heavy atom. The van der Waals surface area contributed by atoms with Crippen LogP contribution in [0.1, 0.15) is 0 Å². The largest absolute Gasteiger partial charge is 2.00 e. The minimum absolute atomic E-state index is 0. The van der Waals surface area contributed by atoms with Gasteiger partial charge in [0.1, 0.15) is 18.1 Å². The van der Waals surface area contributed by atoms with Gasteiger partial charge in [0, 0.05) is 39.0 Å². The second-order valence-corrected chi connectivity index (χ2v) is 9.93. The van der Waals surface area contributed by atoms with Gasteiger partial charge in [0.15, 0.2) is 0 Å². The van der Waals surface area contributed by atoms with E-state index in [9.17, 15) is 0 Å². The molecular weight excluding hydrogens is 659 g/mol. The monoisotopic (exact) mass is 684 g/mol. The van der Waals surface area contributed by atoms with Gasteiger partial charge in [0.2, 0.25) is 6.33 Å². The number of hydrogen-bond donors (Lipinski definition) is 0. The molecule has 0 bridgehead atoms. The third kappa shape index (κ3) is 3.60. The Kier molecular flexibility index (Phi) is 5.54. The molecule has 3 heterocycles. The standard InChI is InChI=1S/C34H25N4.Pt/c1-35-19-20-36(23-35)25-15-17-29-28-12-6-8-14-32(28)38(33(29)21-25)26-16-18-30-27-11-5-7-13-31(27)37(34(30)22-26)24-9-3-2-4-10-24;/h2-23H,1H3;/q+1;+2. The molecule has 0 amide bonds. The SMILES string of the molecule is C[n+]1ccn(-c2ccc3c4ccccc4n(-c4ccc5c6ccccc6n(-c6ccccc6)c5c4)c3c2)c1.[Pt+2]. The van der Waals surface area contributed by atoms with Crippen LogP contribution in [0.3, 0.4) is 0 Å². The first-order chi connectivity index (χ1) is 18.8. The number of nitrogens with zero attached hydrogens (tertiary/aromatic N) is 4. The molecule has 5 aromatic carbocycles. The van der Waals surface area contributed by atoms with Crippen molar-refractivity contribution in [3.8, 4) is 17.1 Å². The van der Waals surface area contributed by atoms with E-state index in [1.54, 1.807) is 0 Å². The summed E-state index contributed by atoms with van der Waals surface area (Å²) in [4.78, 5) is 0. The Morgan fingerprint density at radius 1 is 0.487 bits per heavy atom. The summed E-state index contributed by atoms with van der Waals surface area (Å²) in [7, 11) is 2.05. The number of aromatic nitrogens is 4. The van der Waals surface area contributed by atoms with Gasteiger partial charge in [0.05, 0.1) is 29.1 Å². The molecule has 0 fully saturated rings. The first-order valence-electron chi connectivity index (χ1n) is 12.9. The Hall–Kier alpha value is -4.40. The molecule has 39 heavy (non-hydrogen) atoms. The molecular formula is C34H25N4Pt+3. The number of aryl methyl sites for hydroxylation is 1. The topological polar surface area (TPSA) is 18.7 Å². The van der Waals surface area contributed by atoms with Crippen molar-refractivity contribution in [2.24, 2.45) is 7.05 Å². The van der Waals surface area contributed by atoms with Crippen molar-refractivity contribution < 1.29 is 25.6 Å². The molecule has 3 aromatic heterocycles. The number of hydrogen-bond acceptors (Lipinski definition) is 0. The van der Waals surface area contributed by atoms with E-state index in [0.717, 1.165) is 11.4 Å². The molecule has 0 aliphatic carbocycles. The quantitative estimate of drug-likeness (QED) is 0.172. The van der Waals surface area contributed by atoms with Gasteiger partial charge in [0.25, 0.3) is 0 Å². The van der Waals surface area contributed by atoms with Crippen LogP contribution in [0.15, 0.2) is 134 Å². The van der Waals surface area contributed by atoms with Gasteiger partial charge >= 0.3 is 21.1 Å². The molecule has 0 N–H and O–H groups in total. The summed E-state index contributed by atoms with van der Waals surface area (Å²) in [6.07, 6.45) is 6.26. The minimum Gasteiger partial charge on any atom is -0.309 e. The van der Waals surface area contributed by atoms with Crippen LogP contribution in [0.4, 0.5) is 0 Å². The number of fused-ring (bicyclic) bond motifs is 6. The fourth-order valence-electron chi connectivity index (χ4n) is 5.95. The predicted octanol–water partition coefficient (Wildman–Crippen LogP) is 7.49.